The minimum Gasteiger partial charge on any atom is -0.479 e. The molecule has 8 heteroatoms. The van der Waals surface area contributed by atoms with Gasteiger partial charge in [-0.3, -0.25) is 10.2 Å². The Kier molecular flexibility index (Phi) is 7.85. The molecule has 8 nitrogen and oxygen atoms in total. The highest BCUT2D eigenvalue weighted by molar-refractivity contribution is 6.13. The molecule has 1 atom stereocenters. The van der Waals surface area contributed by atoms with Crippen molar-refractivity contribution in [1.82, 2.24) is 0 Å². The molecule has 1 unspecified atom stereocenters. The van der Waals surface area contributed by atoms with Crippen molar-refractivity contribution in [2.75, 3.05) is 16.8 Å². The molecule has 0 fully saturated rings. The van der Waals surface area contributed by atoms with Crippen molar-refractivity contribution >= 4 is 29.1 Å². The van der Waals surface area contributed by atoms with Crippen LogP contribution in [0.3, 0.4) is 0 Å². The molecule has 0 aliphatic rings. The van der Waals surface area contributed by atoms with Crippen LogP contribution >= 0.6 is 0 Å². The van der Waals surface area contributed by atoms with Crippen LogP contribution < -0.4 is 21.7 Å². The van der Waals surface area contributed by atoms with E-state index < -0.39 is 17.4 Å². The summed E-state index contributed by atoms with van der Waals surface area (Å²) in [5.41, 5.74) is 13.8. The zero-order chi connectivity index (χ0) is 24.9. The minimum atomic E-state index is -2.03. The summed E-state index contributed by atoms with van der Waals surface area (Å²) >= 11 is 0. The lowest BCUT2D eigenvalue weighted by Crippen LogP contribution is -2.60. The number of carbonyl (C=O) groups is 2. The average Bonchev–Trinajstić information content (AvgIpc) is 2.74. The van der Waals surface area contributed by atoms with E-state index in [0.29, 0.717) is 17.8 Å². The van der Waals surface area contributed by atoms with Crippen LogP contribution in [-0.2, 0) is 9.59 Å². The molecule has 174 valence electrons. The number of amidine groups is 1. The van der Waals surface area contributed by atoms with Gasteiger partial charge in [-0.25, -0.2) is 4.79 Å². The molecule has 0 saturated carbocycles. The van der Waals surface area contributed by atoms with E-state index in [9.17, 15) is 14.7 Å². The summed E-state index contributed by atoms with van der Waals surface area (Å²) < 4.78 is 0. The smallest absolute Gasteiger partial charge is 0.333 e. The van der Waals surface area contributed by atoms with Crippen molar-refractivity contribution in [2.24, 2.45) is 11.5 Å². The number of carboxylic acids is 1. The Morgan fingerprint density at radius 3 is 2.30 bits per heavy atom. The third kappa shape index (κ3) is 5.90. The molecule has 1 amide bonds. The zero-order valence-electron chi connectivity index (χ0n) is 19.6. The monoisotopic (exact) mass is 449 g/mol. The molecule has 2 rings (SSSR count). The average molecular weight is 450 g/mol. The van der Waals surface area contributed by atoms with Gasteiger partial charge < -0.3 is 26.8 Å². The lowest BCUT2D eigenvalue weighted by Gasteiger charge is -2.33. The molecule has 0 aliphatic carbocycles. The van der Waals surface area contributed by atoms with E-state index in [0.717, 1.165) is 22.4 Å². The quantitative estimate of drug-likeness (QED) is 0.190. The van der Waals surface area contributed by atoms with Crippen LogP contribution in [0.5, 0.6) is 0 Å². The molecule has 2 aromatic rings. The van der Waals surface area contributed by atoms with Crippen LogP contribution in [-0.4, -0.2) is 40.9 Å². The van der Waals surface area contributed by atoms with E-state index >= 15 is 0 Å². The van der Waals surface area contributed by atoms with Gasteiger partial charge in [0.25, 0.3) is 5.91 Å². The molecule has 0 heterocycles. The molecule has 0 aliphatic heterocycles. The Morgan fingerprint density at radius 1 is 1.18 bits per heavy atom. The van der Waals surface area contributed by atoms with E-state index in [1.807, 2.05) is 52.0 Å². The van der Waals surface area contributed by atoms with Crippen LogP contribution in [0.2, 0.25) is 0 Å². The molecular formula is C25H31N5O3. The van der Waals surface area contributed by atoms with E-state index in [-0.39, 0.29) is 11.9 Å². The lowest BCUT2D eigenvalue weighted by molar-refractivity contribution is -0.147. The Balaban J connectivity index is 2.23. The van der Waals surface area contributed by atoms with Gasteiger partial charge in [0.1, 0.15) is 5.84 Å². The molecule has 0 bridgehead atoms. The molecule has 7 N–H and O–H groups in total. The van der Waals surface area contributed by atoms with Gasteiger partial charge in [-0.2, -0.15) is 0 Å². The summed E-state index contributed by atoms with van der Waals surface area (Å²) in [5, 5.41) is 20.0. The van der Waals surface area contributed by atoms with Gasteiger partial charge >= 0.3 is 5.97 Å². The summed E-state index contributed by atoms with van der Waals surface area (Å²) in [4.78, 5) is 25.9. The number of nitrogens with two attached hydrogens (primary N) is 2. The molecule has 0 radical (unpaired) electrons. The summed E-state index contributed by atoms with van der Waals surface area (Å²) in [5.74, 6) is 4.19. The van der Waals surface area contributed by atoms with Gasteiger partial charge in [0.2, 0.25) is 0 Å². The van der Waals surface area contributed by atoms with Crippen molar-refractivity contribution in [3.63, 3.8) is 0 Å². The number of nitrogen functional groups attached to an aromatic ring is 1. The maximum atomic E-state index is 13.0. The number of nitrogens with one attached hydrogen (secondary N) is 2. The fourth-order valence-corrected chi connectivity index (χ4v) is 3.21. The number of nitrogens with zero attached hydrogens (tertiary/aromatic N) is 1. The van der Waals surface area contributed by atoms with Crippen molar-refractivity contribution < 1.29 is 14.7 Å². The number of hydrogen-bond donors (Lipinski definition) is 5. The van der Waals surface area contributed by atoms with Crippen LogP contribution in [0.15, 0.2) is 36.4 Å². The third-order valence-electron chi connectivity index (χ3n) is 5.23. The highest BCUT2D eigenvalue weighted by Gasteiger charge is 2.42. The first-order chi connectivity index (χ1) is 15.4. The number of aryl methyl sites for hydroxylation is 2. The standard InChI is InChI=1S/C25H31N5O3/c1-15(2)30(23(31)25(5,28)24(32)33)21-14-16(3)19(13-17(21)4)7-6-12-29-20-10-8-18(9-11-20)22(26)27/h8-11,13-15,29H,12,28H2,1-5H3,(H3,26,27)(H,32,33). The van der Waals surface area contributed by atoms with Gasteiger partial charge in [-0.05, 0) is 82.1 Å². The van der Waals surface area contributed by atoms with Crippen molar-refractivity contribution in [3.05, 3.63) is 58.7 Å². The largest absolute Gasteiger partial charge is 0.479 e. The number of carboxylic acid groups (broad SMARTS) is 1. The number of aliphatic carboxylic acids is 1. The van der Waals surface area contributed by atoms with Gasteiger partial charge in [-0.15, -0.1) is 0 Å². The van der Waals surface area contributed by atoms with E-state index in [1.54, 1.807) is 12.1 Å². The number of benzene rings is 2. The van der Waals surface area contributed by atoms with Gasteiger partial charge in [0.05, 0.1) is 6.54 Å². The predicted molar refractivity (Wildman–Crippen MR) is 132 cm³/mol. The first-order valence-corrected chi connectivity index (χ1v) is 10.5. The molecule has 2 aromatic carbocycles. The SMILES string of the molecule is Cc1cc(N(C(=O)C(C)(N)C(=O)O)C(C)C)c(C)cc1C#CCNc1ccc(C(=N)N)cc1. The van der Waals surface area contributed by atoms with E-state index in [1.165, 1.54) is 11.8 Å². The first kappa shape index (κ1) is 25.4. The maximum Gasteiger partial charge on any atom is 0.333 e. The molecular weight excluding hydrogens is 418 g/mol. The number of amides is 1. The number of anilines is 2. The number of rotatable bonds is 7. The maximum absolute atomic E-state index is 13.0. The molecule has 0 spiro atoms. The van der Waals surface area contributed by atoms with Crippen molar-refractivity contribution in [1.29, 1.82) is 5.41 Å². The second-order valence-corrected chi connectivity index (χ2v) is 8.38. The van der Waals surface area contributed by atoms with Crippen LogP contribution in [0.1, 0.15) is 43.0 Å². The fourth-order valence-electron chi connectivity index (χ4n) is 3.21. The Bertz CT molecular complexity index is 1130. The fraction of sp³-hybridized carbons (Fsp3) is 0.320. The normalized spacial score (nSPS) is 12.3. The van der Waals surface area contributed by atoms with Gasteiger partial charge in [0, 0.05) is 28.5 Å². The minimum absolute atomic E-state index is 0.0208. The predicted octanol–water partition coefficient (Wildman–Crippen LogP) is 2.59. The third-order valence-corrected chi connectivity index (χ3v) is 5.23. The van der Waals surface area contributed by atoms with Crippen LogP contribution in [0, 0.1) is 31.1 Å². The Morgan fingerprint density at radius 2 is 1.79 bits per heavy atom. The Hall–Kier alpha value is -3.83. The number of carbonyl (C=O) groups excluding carboxylic acids is 1. The van der Waals surface area contributed by atoms with Gasteiger partial charge in [0.15, 0.2) is 5.54 Å². The van der Waals surface area contributed by atoms with E-state index in [2.05, 4.69) is 17.2 Å². The van der Waals surface area contributed by atoms with Gasteiger partial charge in [-0.1, -0.05) is 11.8 Å². The highest BCUT2D eigenvalue weighted by Crippen LogP contribution is 2.28. The van der Waals surface area contributed by atoms with Crippen molar-refractivity contribution in [2.45, 2.75) is 46.2 Å². The summed E-state index contributed by atoms with van der Waals surface area (Å²) in [6, 6.07) is 10.6. The molecule has 0 aromatic heterocycles. The summed E-state index contributed by atoms with van der Waals surface area (Å²) in [6.45, 7) is 8.99. The van der Waals surface area contributed by atoms with Crippen molar-refractivity contribution in [3.8, 4) is 11.8 Å². The molecule has 0 saturated heterocycles. The highest BCUT2D eigenvalue weighted by atomic mass is 16.4. The molecule has 33 heavy (non-hydrogen) atoms. The second kappa shape index (κ2) is 10.2. The van der Waals surface area contributed by atoms with Crippen LogP contribution in [0.4, 0.5) is 11.4 Å². The zero-order valence-corrected chi connectivity index (χ0v) is 19.6. The topological polar surface area (TPSA) is 146 Å². The lowest BCUT2D eigenvalue weighted by atomic mass is 9.98. The Labute approximate surface area is 194 Å². The second-order valence-electron chi connectivity index (χ2n) is 8.38. The van der Waals surface area contributed by atoms with Crippen LogP contribution in [0.25, 0.3) is 0 Å². The summed E-state index contributed by atoms with van der Waals surface area (Å²) in [7, 11) is 0. The number of hydrogen-bond acceptors (Lipinski definition) is 5. The van der Waals surface area contributed by atoms with E-state index in [4.69, 9.17) is 16.9 Å². The summed E-state index contributed by atoms with van der Waals surface area (Å²) in [6.07, 6.45) is 0. The first-order valence-electron chi connectivity index (χ1n) is 10.5.